The van der Waals surface area contributed by atoms with Crippen molar-refractivity contribution >= 4 is 21.4 Å². The maximum absolute atomic E-state index is 12.1. The van der Waals surface area contributed by atoms with Crippen LogP contribution in [0.2, 0.25) is 0 Å². The van der Waals surface area contributed by atoms with Crippen molar-refractivity contribution in [1.29, 1.82) is 0 Å². The van der Waals surface area contributed by atoms with E-state index >= 15 is 0 Å². The van der Waals surface area contributed by atoms with Gasteiger partial charge in [0.2, 0.25) is 15.9 Å². The zero-order valence-electron chi connectivity index (χ0n) is 11.1. The van der Waals surface area contributed by atoms with Crippen LogP contribution in [0.5, 0.6) is 0 Å². The Hall–Kier alpha value is -1.29. The number of nitrogens with one attached hydrogen (secondary N) is 1. The van der Waals surface area contributed by atoms with E-state index in [-0.39, 0.29) is 18.0 Å². The van der Waals surface area contributed by atoms with Crippen molar-refractivity contribution in [2.45, 2.75) is 31.8 Å². The highest BCUT2D eigenvalue weighted by molar-refractivity contribution is 7.89. The van der Waals surface area contributed by atoms with E-state index in [9.17, 15) is 8.42 Å². The van der Waals surface area contributed by atoms with Gasteiger partial charge >= 0.3 is 0 Å². The molecule has 0 radical (unpaired) electrons. The van der Waals surface area contributed by atoms with Crippen molar-refractivity contribution < 1.29 is 18.0 Å². The standard InChI is InChI=1S/C11H15N3O4S2/c1-7-10(5-9(6-15)19-7)20(16,17)12-4-3-11-13-8(2)18-14-11/h5,12,15H,3-4,6H2,1-2H3. The summed E-state index contributed by atoms with van der Waals surface area (Å²) in [6.07, 6.45) is 0.354. The molecule has 0 unspecified atom stereocenters. The van der Waals surface area contributed by atoms with E-state index in [4.69, 9.17) is 9.63 Å². The maximum Gasteiger partial charge on any atom is 0.241 e. The topological polar surface area (TPSA) is 105 Å². The molecule has 2 rings (SSSR count). The first kappa shape index (κ1) is 15.1. The summed E-state index contributed by atoms with van der Waals surface area (Å²) < 4.78 is 31.5. The summed E-state index contributed by atoms with van der Waals surface area (Å²) in [5.74, 6) is 0.910. The minimum Gasteiger partial charge on any atom is -0.391 e. The molecule has 0 aliphatic heterocycles. The van der Waals surface area contributed by atoms with E-state index in [0.29, 0.717) is 27.9 Å². The molecule has 2 aromatic heterocycles. The summed E-state index contributed by atoms with van der Waals surface area (Å²) in [4.78, 5) is 5.47. The van der Waals surface area contributed by atoms with Crippen molar-refractivity contribution in [3.05, 3.63) is 27.5 Å². The highest BCUT2D eigenvalue weighted by Crippen LogP contribution is 2.25. The molecule has 7 nitrogen and oxygen atoms in total. The summed E-state index contributed by atoms with van der Waals surface area (Å²) in [5, 5.41) is 12.7. The molecule has 110 valence electrons. The monoisotopic (exact) mass is 317 g/mol. The van der Waals surface area contributed by atoms with Gasteiger partial charge in [0.05, 0.1) is 11.5 Å². The van der Waals surface area contributed by atoms with Gasteiger partial charge < -0.3 is 9.63 Å². The molecule has 0 bridgehead atoms. The first-order valence-corrected chi connectivity index (χ1v) is 8.21. The van der Waals surface area contributed by atoms with Crippen LogP contribution in [0, 0.1) is 13.8 Å². The Morgan fingerprint density at radius 2 is 2.20 bits per heavy atom. The molecule has 0 saturated carbocycles. The van der Waals surface area contributed by atoms with Crippen molar-refractivity contribution in [2.75, 3.05) is 6.54 Å². The normalized spacial score (nSPS) is 11.9. The number of aryl methyl sites for hydroxylation is 2. The van der Waals surface area contributed by atoms with Crippen molar-refractivity contribution in [1.82, 2.24) is 14.9 Å². The fourth-order valence-corrected chi connectivity index (χ4v) is 4.21. The van der Waals surface area contributed by atoms with E-state index in [1.165, 1.54) is 17.4 Å². The van der Waals surface area contributed by atoms with Crippen molar-refractivity contribution in [3.63, 3.8) is 0 Å². The summed E-state index contributed by atoms with van der Waals surface area (Å²) >= 11 is 1.27. The Morgan fingerprint density at radius 1 is 1.45 bits per heavy atom. The van der Waals surface area contributed by atoms with Crippen LogP contribution in [0.4, 0.5) is 0 Å². The lowest BCUT2D eigenvalue weighted by molar-refractivity contribution is 0.285. The third kappa shape index (κ3) is 3.42. The number of nitrogens with zero attached hydrogens (tertiary/aromatic N) is 2. The molecular formula is C11H15N3O4S2. The lowest BCUT2D eigenvalue weighted by Crippen LogP contribution is -2.26. The Kier molecular flexibility index (Phi) is 4.53. The number of aromatic nitrogens is 2. The highest BCUT2D eigenvalue weighted by atomic mass is 32.2. The van der Waals surface area contributed by atoms with E-state index in [1.54, 1.807) is 13.8 Å². The van der Waals surface area contributed by atoms with Crippen LogP contribution >= 0.6 is 11.3 Å². The maximum atomic E-state index is 12.1. The first-order chi connectivity index (χ1) is 9.42. The number of hydrogen-bond acceptors (Lipinski definition) is 7. The van der Waals surface area contributed by atoms with Crippen molar-refractivity contribution in [3.8, 4) is 0 Å². The molecule has 9 heteroatoms. The molecule has 2 N–H and O–H groups in total. The first-order valence-electron chi connectivity index (χ1n) is 5.91. The van der Waals surface area contributed by atoms with Crippen LogP contribution in [-0.4, -0.2) is 30.2 Å². The average Bonchev–Trinajstić information content (AvgIpc) is 2.95. The van der Waals surface area contributed by atoms with Crippen LogP contribution < -0.4 is 4.72 Å². The predicted molar refractivity (Wildman–Crippen MR) is 72.9 cm³/mol. The largest absolute Gasteiger partial charge is 0.391 e. The fraction of sp³-hybridized carbons (Fsp3) is 0.455. The molecule has 0 aromatic carbocycles. The molecular weight excluding hydrogens is 302 g/mol. The van der Waals surface area contributed by atoms with E-state index in [0.717, 1.165) is 0 Å². The minimum absolute atomic E-state index is 0.164. The quantitative estimate of drug-likeness (QED) is 0.815. The van der Waals surface area contributed by atoms with Gasteiger partial charge in [-0.2, -0.15) is 4.98 Å². The van der Waals surface area contributed by atoms with Gasteiger partial charge in [-0.25, -0.2) is 13.1 Å². The molecule has 0 amide bonds. The predicted octanol–water partition coefficient (Wildman–Crippen LogP) is 0.761. The average molecular weight is 317 g/mol. The van der Waals surface area contributed by atoms with Gasteiger partial charge in [-0.15, -0.1) is 11.3 Å². The molecule has 0 aliphatic rings. The van der Waals surface area contributed by atoms with E-state index in [1.807, 2.05) is 0 Å². The van der Waals surface area contributed by atoms with Crippen LogP contribution in [0.1, 0.15) is 21.5 Å². The summed E-state index contributed by atoms with van der Waals surface area (Å²) in [5.41, 5.74) is 0. The third-order valence-corrected chi connectivity index (χ3v) is 5.33. The molecule has 2 heterocycles. The van der Waals surface area contributed by atoms with Crippen molar-refractivity contribution in [2.24, 2.45) is 0 Å². The van der Waals surface area contributed by atoms with Gasteiger partial charge in [0, 0.05) is 29.6 Å². The van der Waals surface area contributed by atoms with Gasteiger partial charge in [-0.05, 0) is 13.0 Å². The zero-order valence-corrected chi connectivity index (χ0v) is 12.7. The van der Waals surface area contributed by atoms with Gasteiger partial charge in [-0.1, -0.05) is 5.16 Å². The molecule has 20 heavy (non-hydrogen) atoms. The number of aliphatic hydroxyl groups is 1. The van der Waals surface area contributed by atoms with Crippen LogP contribution in [0.15, 0.2) is 15.5 Å². The SMILES string of the molecule is Cc1nc(CCNS(=O)(=O)c2cc(CO)sc2C)no1. The number of sulfonamides is 1. The van der Waals surface area contributed by atoms with Crippen LogP contribution in [0.3, 0.4) is 0 Å². The second-order valence-electron chi connectivity index (χ2n) is 4.17. The Morgan fingerprint density at radius 3 is 2.75 bits per heavy atom. The summed E-state index contributed by atoms with van der Waals surface area (Å²) in [6.45, 7) is 3.40. The smallest absolute Gasteiger partial charge is 0.241 e. The molecule has 0 atom stereocenters. The van der Waals surface area contributed by atoms with Crippen LogP contribution in [0.25, 0.3) is 0 Å². The third-order valence-electron chi connectivity index (χ3n) is 2.58. The lowest BCUT2D eigenvalue weighted by Gasteiger charge is -2.04. The number of hydrogen-bond donors (Lipinski definition) is 2. The Balaban J connectivity index is 2.01. The number of aliphatic hydroxyl groups excluding tert-OH is 1. The molecule has 2 aromatic rings. The summed E-state index contributed by atoms with van der Waals surface area (Å²) in [6, 6.07) is 1.49. The number of rotatable bonds is 6. The minimum atomic E-state index is -3.58. The molecule has 0 fully saturated rings. The zero-order chi connectivity index (χ0) is 14.8. The molecule has 0 saturated heterocycles. The fourth-order valence-electron chi connectivity index (χ4n) is 1.69. The van der Waals surface area contributed by atoms with Gasteiger partial charge in [0.1, 0.15) is 0 Å². The van der Waals surface area contributed by atoms with Gasteiger partial charge in [0.25, 0.3) is 0 Å². The van der Waals surface area contributed by atoms with Gasteiger partial charge in [-0.3, -0.25) is 0 Å². The van der Waals surface area contributed by atoms with E-state index in [2.05, 4.69) is 14.9 Å². The van der Waals surface area contributed by atoms with E-state index < -0.39 is 10.0 Å². The Bertz CT molecular complexity index is 690. The highest BCUT2D eigenvalue weighted by Gasteiger charge is 2.19. The molecule has 0 spiro atoms. The lowest BCUT2D eigenvalue weighted by atomic mass is 10.4. The molecule has 0 aliphatic carbocycles. The Labute approximate surface area is 120 Å². The second-order valence-corrected chi connectivity index (χ2v) is 7.24. The summed E-state index contributed by atoms with van der Waals surface area (Å²) in [7, 11) is -3.58. The van der Waals surface area contributed by atoms with Crippen LogP contribution in [-0.2, 0) is 23.1 Å². The second kappa shape index (κ2) is 6.00. The number of thiophene rings is 1. The van der Waals surface area contributed by atoms with Gasteiger partial charge in [0.15, 0.2) is 5.82 Å².